The SMILES string of the molecule is CN1C(=O)OCC1c1cccc(C=O)c1[N+](=O)[O-]. The number of carbonyl (C=O) groups excluding carboxylic acids is 2. The fourth-order valence-electron chi connectivity index (χ4n) is 1.94. The van der Waals surface area contributed by atoms with Crippen LogP contribution in [0.15, 0.2) is 18.2 Å². The van der Waals surface area contributed by atoms with Gasteiger partial charge in [-0.2, -0.15) is 0 Å². The lowest BCUT2D eigenvalue weighted by Crippen LogP contribution is -2.23. The Labute approximate surface area is 102 Å². The zero-order chi connectivity index (χ0) is 13.3. The summed E-state index contributed by atoms with van der Waals surface area (Å²) in [6, 6.07) is 3.89. The molecule has 1 heterocycles. The molecule has 0 spiro atoms. The minimum Gasteiger partial charge on any atom is -0.447 e. The van der Waals surface area contributed by atoms with Gasteiger partial charge in [-0.05, 0) is 12.1 Å². The molecule has 0 aliphatic carbocycles. The van der Waals surface area contributed by atoms with E-state index in [0.717, 1.165) is 0 Å². The van der Waals surface area contributed by atoms with E-state index in [0.29, 0.717) is 11.8 Å². The van der Waals surface area contributed by atoms with Gasteiger partial charge in [0.05, 0.1) is 16.1 Å². The van der Waals surface area contributed by atoms with E-state index >= 15 is 0 Å². The fraction of sp³-hybridized carbons (Fsp3) is 0.273. The molecule has 0 radical (unpaired) electrons. The van der Waals surface area contributed by atoms with Crippen molar-refractivity contribution in [3.8, 4) is 0 Å². The molecule has 1 aliphatic heterocycles. The quantitative estimate of drug-likeness (QED) is 0.461. The van der Waals surface area contributed by atoms with E-state index < -0.39 is 17.1 Å². The number of rotatable bonds is 3. The van der Waals surface area contributed by atoms with Crippen LogP contribution in [0.5, 0.6) is 0 Å². The Morgan fingerprint density at radius 2 is 2.28 bits per heavy atom. The minimum atomic E-state index is -0.615. The largest absolute Gasteiger partial charge is 0.447 e. The Balaban J connectivity index is 2.54. The summed E-state index contributed by atoms with van der Waals surface area (Å²) in [4.78, 5) is 33.8. The van der Waals surface area contributed by atoms with Gasteiger partial charge in [0, 0.05) is 7.05 Å². The molecule has 0 saturated carbocycles. The van der Waals surface area contributed by atoms with Crippen molar-refractivity contribution in [2.45, 2.75) is 6.04 Å². The third-order valence-corrected chi connectivity index (χ3v) is 2.89. The second-order valence-corrected chi connectivity index (χ2v) is 3.86. The number of carbonyl (C=O) groups is 2. The van der Waals surface area contributed by atoms with Crippen LogP contribution in [0.1, 0.15) is 22.0 Å². The molecule has 7 nitrogen and oxygen atoms in total. The van der Waals surface area contributed by atoms with E-state index in [9.17, 15) is 19.7 Å². The number of cyclic esters (lactones) is 1. The van der Waals surface area contributed by atoms with E-state index in [1.165, 1.54) is 24.1 Å². The molecule has 1 aromatic rings. The number of nitro benzene ring substituents is 1. The Morgan fingerprint density at radius 1 is 1.56 bits per heavy atom. The first kappa shape index (κ1) is 12.0. The van der Waals surface area contributed by atoms with Crippen molar-refractivity contribution in [2.75, 3.05) is 13.7 Å². The molecule has 18 heavy (non-hydrogen) atoms. The van der Waals surface area contributed by atoms with Gasteiger partial charge in [-0.1, -0.05) is 6.07 Å². The summed E-state index contributed by atoms with van der Waals surface area (Å²) < 4.78 is 4.82. The highest BCUT2D eigenvalue weighted by Crippen LogP contribution is 2.34. The van der Waals surface area contributed by atoms with Gasteiger partial charge >= 0.3 is 6.09 Å². The van der Waals surface area contributed by atoms with Crippen LogP contribution >= 0.6 is 0 Å². The zero-order valence-corrected chi connectivity index (χ0v) is 9.53. The van der Waals surface area contributed by atoms with Crippen molar-refractivity contribution in [1.82, 2.24) is 4.90 Å². The summed E-state index contributed by atoms with van der Waals surface area (Å²) in [5.41, 5.74) is 0.0193. The molecule has 94 valence electrons. The van der Waals surface area contributed by atoms with E-state index in [2.05, 4.69) is 0 Å². The molecule has 1 aliphatic rings. The highest BCUT2D eigenvalue weighted by atomic mass is 16.6. The Bertz CT molecular complexity index is 528. The molecule has 0 bridgehead atoms. The maximum atomic E-state index is 11.3. The normalized spacial score (nSPS) is 18.6. The van der Waals surface area contributed by atoms with E-state index in [1.807, 2.05) is 0 Å². The second kappa shape index (κ2) is 4.44. The number of likely N-dealkylation sites (N-methyl/N-ethyl adjacent to an activating group) is 1. The van der Waals surface area contributed by atoms with Gasteiger partial charge < -0.3 is 9.64 Å². The summed E-state index contributed by atoms with van der Waals surface area (Å²) in [6.45, 7) is 0.0402. The zero-order valence-electron chi connectivity index (χ0n) is 9.53. The van der Waals surface area contributed by atoms with Crippen LogP contribution in [0.2, 0.25) is 0 Å². The van der Waals surface area contributed by atoms with E-state index in [-0.39, 0.29) is 17.9 Å². The van der Waals surface area contributed by atoms with Crippen molar-refractivity contribution in [1.29, 1.82) is 0 Å². The van der Waals surface area contributed by atoms with Gasteiger partial charge in [0.1, 0.15) is 12.6 Å². The monoisotopic (exact) mass is 250 g/mol. The summed E-state index contributed by atoms with van der Waals surface area (Å²) in [7, 11) is 1.50. The molecule has 0 N–H and O–H groups in total. The van der Waals surface area contributed by atoms with Crippen LogP contribution in [-0.2, 0) is 4.74 Å². The van der Waals surface area contributed by atoms with Crippen LogP contribution in [0.4, 0.5) is 10.5 Å². The number of ether oxygens (including phenoxy) is 1. The van der Waals surface area contributed by atoms with Crippen LogP contribution in [-0.4, -0.2) is 35.9 Å². The summed E-state index contributed by atoms with van der Waals surface area (Å²) in [6.07, 6.45) is -0.106. The van der Waals surface area contributed by atoms with Crippen LogP contribution in [0, 0.1) is 10.1 Å². The minimum absolute atomic E-state index is 0.00903. The lowest BCUT2D eigenvalue weighted by atomic mass is 10.0. The summed E-state index contributed by atoms with van der Waals surface area (Å²) in [5.74, 6) is 0. The number of nitrogens with zero attached hydrogens (tertiary/aromatic N) is 2. The number of hydrogen-bond donors (Lipinski definition) is 0. The van der Waals surface area contributed by atoms with Crippen molar-refractivity contribution < 1.29 is 19.2 Å². The van der Waals surface area contributed by atoms with E-state index in [4.69, 9.17) is 4.74 Å². The average Bonchev–Trinajstić information content (AvgIpc) is 2.69. The van der Waals surface area contributed by atoms with E-state index in [1.54, 1.807) is 6.07 Å². The first-order valence-corrected chi connectivity index (χ1v) is 5.18. The van der Waals surface area contributed by atoms with Crippen molar-refractivity contribution in [3.63, 3.8) is 0 Å². The maximum Gasteiger partial charge on any atom is 0.410 e. The fourth-order valence-corrected chi connectivity index (χ4v) is 1.94. The topological polar surface area (TPSA) is 89.8 Å². The summed E-state index contributed by atoms with van der Waals surface area (Å²) in [5, 5.41) is 11.0. The number of benzene rings is 1. The first-order chi connectivity index (χ1) is 8.56. The Morgan fingerprint density at radius 3 is 2.78 bits per heavy atom. The molecule has 0 aromatic heterocycles. The van der Waals surface area contributed by atoms with Gasteiger partial charge in [-0.15, -0.1) is 0 Å². The number of para-hydroxylation sites is 1. The van der Waals surface area contributed by atoms with Gasteiger partial charge in [0.25, 0.3) is 5.69 Å². The van der Waals surface area contributed by atoms with Crippen LogP contribution < -0.4 is 0 Å². The molecular formula is C11H10N2O5. The lowest BCUT2D eigenvalue weighted by Gasteiger charge is -2.16. The van der Waals surface area contributed by atoms with Gasteiger partial charge in [-0.3, -0.25) is 14.9 Å². The number of nitro groups is 1. The number of aldehydes is 1. The molecule has 1 fully saturated rings. The van der Waals surface area contributed by atoms with Crippen LogP contribution in [0.25, 0.3) is 0 Å². The highest BCUT2D eigenvalue weighted by Gasteiger charge is 2.36. The maximum absolute atomic E-state index is 11.3. The molecule has 1 aromatic carbocycles. The molecule has 1 unspecified atom stereocenters. The van der Waals surface area contributed by atoms with Gasteiger partial charge in [-0.25, -0.2) is 4.79 Å². The standard InChI is InChI=1S/C11H10N2O5/c1-12-9(6-18-11(12)15)8-4-2-3-7(5-14)10(8)13(16)17/h2-5,9H,6H2,1H3. The van der Waals surface area contributed by atoms with Crippen molar-refractivity contribution >= 4 is 18.1 Å². The Hall–Kier alpha value is -2.44. The Kier molecular flexibility index (Phi) is 2.97. The molecular weight excluding hydrogens is 240 g/mol. The average molecular weight is 250 g/mol. The number of amides is 1. The smallest absolute Gasteiger partial charge is 0.410 e. The third-order valence-electron chi connectivity index (χ3n) is 2.89. The van der Waals surface area contributed by atoms with Gasteiger partial charge in [0.2, 0.25) is 0 Å². The molecule has 7 heteroatoms. The van der Waals surface area contributed by atoms with Gasteiger partial charge in [0.15, 0.2) is 6.29 Å². The second-order valence-electron chi connectivity index (χ2n) is 3.86. The summed E-state index contributed by atoms with van der Waals surface area (Å²) >= 11 is 0. The van der Waals surface area contributed by atoms with Crippen LogP contribution in [0.3, 0.4) is 0 Å². The lowest BCUT2D eigenvalue weighted by molar-refractivity contribution is -0.386. The first-order valence-electron chi connectivity index (χ1n) is 5.18. The third kappa shape index (κ3) is 1.79. The molecule has 1 amide bonds. The number of hydrogen-bond acceptors (Lipinski definition) is 5. The highest BCUT2D eigenvalue weighted by molar-refractivity contribution is 5.83. The molecule has 2 rings (SSSR count). The predicted molar refractivity (Wildman–Crippen MR) is 60.3 cm³/mol. The predicted octanol–water partition coefficient (Wildman–Crippen LogP) is 1.53. The molecule has 1 saturated heterocycles. The van der Waals surface area contributed by atoms with Crippen molar-refractivity contribution in [3.05, 3.63) is 39.4 Å². The molecule has 1 atom stereocenters. The van der Waals surface area contributed by atoms with Crippen molar-refractivity contribution in [2.24, 2.45) is 0 Å².